The molecular weight excluding hydrogens is 204 g/mol. The predicted molar refractivity (Wildman–Crippen MR) is 42.9 cm³/mol. The molecule has 0 bridgehead atoms. The van der Waals surface area contributed by atoms with E-state index in [0.29, 0.717) is 0 Å². The third kappa shape index (κ3) is 36.3. The van der Waals surface area contributed by atoms with Gasteiger partial charge >= 0.3 is 38.9 Å². The molecule has 58 valence electrons. The molecule has 0 heterocycles. The molecule has 0 aliphatic rings. The summed E-state index contributed by atoms with van der Waals surface area (Å²) in [6.07, 6.45) is 1.89. The van der Waals surface area contributed by atoms with E-state index in [1.165, 1.54) is 0 Å². The van der Waals surface area contributed by atoms with Crippen molar-refractivity contribution in [2.75, 3.05) is 13.2 Å². The molecule has 1 nitrogen and oxygen atoms in total. The van der Waals surface area contributed by atoms with Crippen LogP contribution in [-0.4, -0.2) is 34.9 Å². The molecule has 0 aromatic carbocycles. The summed E-state index contributed by atoms with van der Waals surface area (Å²) in [6.45, 7) is 9.15. The Hall–Kier alpha value is 0.946. The van der Waals surface area contributed by atoms with Crippen molar-refractivity contribution in [2.45, 2.75) is 18.4 Å². The second kappa shape index (κ2) is 22.5. The van der Waals surface area contributed by atoms with Crippen LogP contribution in [-0.2, 0) is 4.74 Å². The smallest absolute Gasteiger partial charge is 0.0437 e. The van der Waals surface area contributed by atoms with Gasteiger partial charge in [-0.3, -0.25) is 0 Å². The molecule has 3 heteroatoms. The molecule has 0 aromatic rings. The Morgan fingerprint density at radius 1 is 1.40 bits per heavy atom. The van der Waals surface area contributed by atoms with Crippen molar-refractivity contribution in [1.29, 1.82) is 0 Å². The monoisotopic (exact) mass is 218 g/mol. The second-order valence-electron chi connectivity index (χ2n) is 1.36. The Balaban J connectivity index is -0.0000000910. The maximum absolute atomic E-state index is 4.83. The van der Waals surface area contributed by atoms with Crippen molar-refractivity contribution < 1.29 is 21.7 Å². The fraction of sp³-hybridized carbons (Fsp3) is 0.714. The maximum atomic E-state index is 4.83. The van der Waals surface area contributed by atoms with Crippen LogP contribution in [0.25, 0.3) is 0 Å². The minimum Gasteiger partial charge on any atom is -1.00 e. The minimum atomic E-state index is 0. The van der Waals surface area contributed by atoms with Crippen LogP contribution in [0.2, 0.25) is 4.55 Å². The molecule has 0 aromatic heterocycles. The number of halogens is 1. The SMILES string of the molecule is C=C[CH2][Mg+].CCOCC.[Br-]. The minimum absolute atomic E-state index is 0. The van der Waals surface area contributed by atoms with Crippen LogP contribution in [0.4, 0.5) is 0 Å². The number of hydrogen-bond acceptors (Lipinski definition) is 1. The summed E-state index contributed by atoms with van der Waals surface area (Å²) in [5.74, 6) is 0. The third-order valence-electron chi connectivity index (χ3n) is 0.612. The van der Waals surface area contributed by atoms with Gasteiger partial charge in [0.05, 0.1) is 0 Å². The first-order chi connectivity index (χ1) is 4.33. The number of allylic oxidation sites excluding steroid dienone is 1. The predicted octanol–water partition coefficient (Wildman–Crippen LogP) is -1.19. The van der Waals surface area contributed by atoms with E-state index in [0.717, 1.165) is 17.8 Å². The fourth-order valence-electron chi connectivity index (χ4n) is 0.204. The number of rotatable bonds is 3. The van der Waals surface area contributed by atoms with Crippen LogP contribution < -0.4 is 17.0 Å². The third-order valence-corrected chi connectivity index (χ3v) is 1.02. The van der Waals surface area contributed by atoms with Gasteiger partial charge in [0, 0.05) is 13.2 Å². The van der Waals surface area contributed by atoms with Gasteiger partial charge in [0.25, 0.3) is 0 Å². The first-order valence-corrected chi connectivity index (χ1v) is 4.31. The molecule has 0 rings (SSSR count). The number of hydrogen-bond donors (Lipinski definition) is 0. The molecule has 0 saturated heterocycles. The zero-order chi connectivity index (χ0) is 7.54. The Bertz CT molecular complexity index is 48.9. The Labute approximate surface area is 87.4 Å². The van der Waals surface area contributed by atoms with E-state index in [2.05, 4.69) is 6.58 Å². The second-order valence-corrected chi connectivity index (χ2v) is 1.94. The summed E-state index contributed by atoms with van der Waals surface area (Å²) in [5, 5.41) is 0. The van der Waals surface area contributed by atoms with Crippen LogP contribution >= 0.6 is 0 Å². The molecule has 0 N–H and O–H groups in total. The van der Waals surface area contributed by atoms with Crippen molar-refractivity contribution in [3.05, 3.63) is 12.7 Å². The van der Waals surface area contributed by atoms with E-state index in [9.17, 15) is 0 Å². The topological polar surface area (TPSA) is 9.23 Å². The van der Waals surface area contributed by atoms with Gasteiger partial charge < -0.3 is 21.7 Å². The zero-order valence-corrected chi connectivity index (χ0v) is 9.90. The summed E-state index contributed by atoms with van der Waals surface area (Å²) >= 11 is 1.90. The normalized spacial score (nSPS) is 6.80. The van der Waals surface area contributed by atoms with Gasteiger partial charge in [-0.2, -0.15) is 0 Å². The van der Waals surface area contributed by atoms with E-state index in [4.69, 9.17) is 4.74 Å². The summed E-state index contributed by atoms with van der Waals surface area (Å²) in [4.78, 5) is 0. The van der Waals surface area contributed by atoms with Gasteiger partial charge in [0.1, 0.15) is 0 Å². The molecule has 10 heavy (non-hydrogen) atoms. The van der Waals surface area contributed by atoms with E-state index in [1.54, 1.807) is 0 Å². The molecule has 0 aliphatic carbocycles. The van der Waals surface area contributed by atoms with Gasteiger partial charge in [-0.25, -0.2) is 0 Å². The van der Waals surface area contributed by atoms with Crippen molar-refractivity contribution in [2.24, 2.45) is 0 Å². The number of ether oxygens (including phenoxy) is 1. The van der Waals surface area contributed by atoms with E-state index < -0.39 is 0 Å². The fourth-order valence-corrected chi connectivity index (χ4v) is 0.204. The largest absolute Gasteiger partial charge is 1.00 e. The van der Waals surface area contributed by atoms with Gasteiger partial charge in [0.15, 0.2) is 0 Å². The average Bonchev–Trinajstić information content (AvgIpc) is 1.91. The Morgan fingerprint density at radius 2 is 1.70 bits per heavy atom. The van der Waals surface area contributed by atoms with Crippen LogP contribution in [0.3, 0.4) is 0 Å². The van der Waals surface area contributed by atoms with Gasteiger partial charge in [0.2, 0.25) is 0 Å². The van der Waals surface area contributed by atoms with Crippen LogP contribution in [0.15, 0.2) is 12.7 Å². The molecule has 0 radical (unpaired) electrons. The first-order valence-electron chi connectivity index (χ1n) is 3.31. The molecule has 0 atom stereocenters. The molecule has 0 spiro atoms. The van der Waals surface area contributed by atoms with Crippen molar-refractivity contribution in [3.63, 3.8) is 0 Å². The van der Waals surface area contributed by atoms with E-state index in [-0.39, 0.29) is 17.0 Å². The van der Waals surface area contributed by atoms with Crippen molar-refractivity contribution >= 4 is 21.7 Å². The summed E-state index contributed by atoms with van der Waals surface area (Å²) < 4.78 is 5.94. The standard InChI is InChI=1S/C4H10O.C3H5.BrH.Mg/c1-3-5-4-2;1-3-2;;/h3-4H2,1-2H3;3H,1-2H2;1H;/q;;;+1/p-1. The molecule has 0 unspecified atom stereocenters. The molecular formula is C7H15BrMgO. The average molecular weight is 219 g/mol. The zero-order valence-electron chi connectivity index (χ0n) is 6.90. The van der Waals surface area contributed by atoms with Gasteiger partial charge in [-0.1, -0.05) is 0 Å². The van der Waals surface area contributed by atoms with Crippen LogP contribution in [0.5, 0.6) is 0 Å². The summed E-state index contributed by atoms with van der Waals surface area (Å²) in [5.41, 5.74) is 0. The Morgan fingerprint density at radius 3 is 1.70 bits per heavy atom. The molecule has 0 fully saturated rings. The van der Waals surface area contributed by atoms with Gasteiger partial charge in [-0.05, 0) is 13.8 Å². The summed E-state index contributed by atoms with van der Waals surface area (Å²) in [7, 11) is 0. The first kappa shape index (κ1) is 17.1. The molecule has 0 amide bonds. The molecule has 0 saturated carbocycles. The Kier molecular flexibility index (Phi) is 38.6. The maximum Gasteiger partial charge on any atom is 0.0437 e. The molecule has 0 aliphatic heterocycles. The van der Waals surface area contributed by atoms with Crippen molar-refractivity contribution in [1.82, 2.24) is 0 Å². The van der Waals surface area contributed by atoms with E-state index in [1.807, 2.05) is 41.6 Å². The van der Waals surface area contributed by atoms with Crippen LogP contribution in [0, 0.1) is 0 Å². The van der Waals surface area contributed by atoms with Crippen LogP contribution in [0.1, 0.15) is 13.8 Å². The van der Waals surface area contributed by atoms with E-state index >= 15 is 0 Å². The quantitative estimate of drug-likeness (QED) is 0.428. The summed E-state index contributed by atoms with van der Waals surface area (Å²) in [6, 6.07) is 0. The van der Waals surface area contributed by atoms with Crippen molar-refractivity contribution in [3.8, 4) is 0 Å². The van der Waals surface area contributed by atoms with Gasteiger partial charge in [-0.15, -0.1) is 0 Å².